The molecule has 0 radical (unpaired) electrons. The number of carbonyl (C=O) groups is 2. The van der Waals surface area contributed by atoms with E-state index in [4.69, 9.17) is 0 Å². The summed E-state index contributed by atoms with van der Waals surface area (Å²) in [5, 5.41) is 17.8. The Bertz CT molecular complexity index is 1360. The summed E-state index contributed by atoms with van der Waals surface area (Å²) in [6.45, 7) is 5.11. The van der Waals surface area contributed by atoms with Gasteiger partial charge < -0.3 is 31.9 Å². The molecule has 0 atom stereocenters. The predicted octanol–water partition coefficient (Wildman–Crippen LogP) is 3.98. The Hall–Kier alpha value is -4.86. The molecule has 6 N–H and O–H groups in total. The lowest BCUT2D eigenvalue weighted by Gasteiger charge is -2.13. The average molecular weight is 497 g/mol. The van der Waals surface area contributed by atoms with Crippen molar-refractivity contribution in [2.24, 2.45) is 9.98 Å². The normalized spacial score (nSPS) is 14.1. The van der Waals surface area contributed by atoms with E-state index in [9.17, 15) is 9.59 Å². The van der Waals surface area contributed by atoms with Crippen LogP contribution in [0.1, 0.15) is 16.7 Å². The number of hydrogen-bond donors (Lipinski definition) is 6. The van der Waals surface area contributed by atoms with E-state index < -0.39 is 0 Å². The van der Waals surface area contributed by atoms with Crippen molar-refractivity contribution in [3.05, 3.63) is 83.4 Å². The molecule has 0 saturated heterocycles. The number of amidine groups is 2. The minimum atomic E-state index is -0.384. The molecular formula is C27H28N8O2. The summed E-state index contributed by atoms with van der Waals surface area (Å²) in [6, 6.07) is 19.5. The molecule has 0 fully saturated rings. The third-order valence-corrected chi connectivity index (χ3v) is 5.92. The molecule has 2 heterocycles. The summed E-state index contributed by atoms with van der Waals surface area (Å²) in [5.74, 6) is 1.74. The fraction of sp³-hybridized carbons (Fsp3) is 0.185. The minimum Gasteiger partial charge on any atom is -0.368 e. The van der Waals surface area contributed by atoms with Crippen LogP contribution >= 0.6 is 0 Å². The number of hydrogen-bond acceptors (Lipinski definition) is 6. The quantitative estimate of drug-likeness (QED) is 0.308. The molecule has 3 aromatic rings. The van der Waals surface area contributed by atoms with Gasteiger partial charge in [-0.3, -0.25) is 9.98 Å². The van der Waals surface area contributed by atoms with Crippen LogP contribution in [0.25, 0.3) is 0 Å². The second-order valence-electron chi connectivity index (χ2n) is 8.66. The molecule has 10 heteroatoms. The zero-order chi connectivity index (χ0) is 25.6. The van der Waals surface area contributed by atoms with E-state index in [0.717, 1.165) is 54.5 Å². The maximum atomic E-state index is 12.6. The lowest BCUT2D eigenvalue weighted by Crippen LogP contribution is -2.22. The van der Waals surface area contributed by atoms with Gasteiger partial charge in [0.25, 0.3) is 0 Å². The smallest absolute Gasteiger partial charge is 0.323 e. The van der Waals surface area contributed by atoms with Crippen molar-refractivity contribution in [1.29, 1.82) is 0 Å². The Morgan fingerprint density at radius 3 is 1.59 bits per heavy atom. The van der Waals surface area contributed by atoms with Gasteiger partial charge in [-0.05, 0) is 73.2 Å². The van der Waals surface area contributed by atoms with E-state index in [0.29, 0.717) is 22.7 Å². The van der Waals surface area contributed by atoms with Crippen molar-refractivity contribution < 1.29 is 9.59 Å². The number of rotatable bonds is 6. The van der Waals surface area contributed by atoms with E-state index in [1.165, 1.54) is 0 Å². The molecule has 37 heavy (non-hydrogen) atoms. The zero-order valence-electron chi connectivity index (χ0n) is 20.4. The molecule has 3 aromatic carbocycles. The van der Waals surface area contributed by atoms with Gasteiger partial charge in [0.15, 0.2) is 0 Å². The fourth-order valence-electron chi connectivity index (χ4n) is 4.02. The standard InChI is InChI=1S/C27H28N8O2/c1-17-2-7-22(34-26(36)32-20-8-3-18(4-9-20)24-28-12-13-29-24)16-23(17)35-27(37)33-21-10-5-19(6-11-21)25-30-14-15-31-25/h2-11,16H,12-15H2,1H3,(H,28,29)(H,30,31)(H2,32,34,36)(H2,33,35,37). The highest BCUT2D eigenvalue weighted by molar-refractivity contribution is 6.04. The molecule has 2 aliphatic rings. The molecular weight excluding hydrogens is 468 g/mol. The van der Waals surface area contributed by atoms with Crippen LogP contribution in [-0.4, -0.2) is 49.9 Å². The van der Waals surface area contributed by atoms with Crippen molar-refractivity contribution in [3.63, 3.8) is 0 Å². The fourth-order valence-corrected chi connectivity index (χ4v) is 4.02. The molecule has 0 unspecified atom stereocenters. The highest BCUT2D eigenvalue weighted by atomic mass is 16.2. The monoisotopic (exact) mass is 496 g/mol. The van der Waals surface area contributed by atoms with E-state index in [1.54, 1.807) is 12.1 Å². The van der Waals surface area contributed by atoms with E-state index in [2.05, 4.69) is 41.9 Å². The number of nitrogens with one attached hydrogen (secondary N) is 6. The molecule has 0 aromatic heterocycles. The largest absolute Gasteiger partial charge is 0.368 e. The molecule has 188 valence electrons. The van der Waals surface area contributed by atoms with Gasteiger partial charge in [0.1, 0.15) is 11.7 Å². The SMILES string of the molecule is Cc1ccc(NC(=O)Nc2ccc(C3=NCCN3)cc2)cc1NC(=O)Nc1ccc(C2=NCCN2)cc1. The Morgan fingerprint density at radius 1 is 0.649 bits per heavy atom. The first-order valence-corrected chi connectivity index (χ1v) is 12.1. The van der Waals surface area contributed by atoms with Gasteiger partial charge in [-0.15, -0.1) is 0 Å². The molecule has 10 nitrogen and oxygen atoms in total. The van der Waals surface area contributed by atoms with Crippen LogP contribution in [0.5, 0.6) is 0 Å². The number of amides is 4. The lowest BCUT2D eigenvalue weighted by atomic mass is 10.1. The Morgan fingerprint density at radius 2 is 1.11 bits per heavy atom. The first-order valence-electron chi connectivity index (χ1n) is 12.1. The zero-order valence-corrected chi connectivity index (χ0v) is 20.4. The average Bonchev–Trinajstić information content (AvgIpc) is 3.62. The topological polar surface area (TPSA) is 131 Å². The predicted molar refractivity (Wildman–Crippen MR) is 148 cm³/mol. The number of nitrogens with zero attached hydrogens (tertiary/aromatic N) is 2. The van der Waals surface area contributed by atoms with Crippen LogP contribution in [-0.2, 0) is 0 Å². The van der Waals surface area contributed by atoms with Crippen LogP contribution in [0, 0.1) is 6.92 Å². The number of aryl methyl sites for hydroxylation is 1. The summed E-state index contributed by atoms with van der Waals surface area (Å²) in [4.78, 5) is 33.9. The van der Waals surface area contributed by atoms with Crippen molar-refractivity contribution in [3.8, 4) is 0 Å². The molecule has 0 bridgehead atoms. The number of aliphatic imine (C=N–C) groups is 2. The summed E-state index contributed by atoms with van der Waals surface area (Å²) < 4.78 is 0. The highest BCUT2D eigenvalue weighted by Crippen LogP contribution is 2.21. The van der Waals surface area contributed by atoms with Crippen molar-refractivity contribution in [1.82, 2.24) is 10.6 Å². The summed E-state index contributed by atoms with van der Waals surface area (Å²) in [6.07, 6.45) is 0. The molecule has 0 aliphatic carbocycles. The highest BCUT2D eigenvalue weighted by Gasteiger charge is 2.11. The Labute approximate surface area is 214 Å². The molecule has 4 amide bonds. The molecule has 0 spiro atoms. The van der Waals surface area contributed by atoms with Gasteiger partial charge in [-0.2, -0.15) is 0 Å². The maximum absolute atomic E-state index is 12.6. The first-order chi connectivity index (χ1) is 18.0. The van der Waals surface area contributed by atoms with Crippen LogP contribution < -0.4 is 31.9 Å². The van der Waals surface area contributed by atoms with E-state index in [-0.39, 0.29) is 12.1 Å². The van der Waals surface area contributed by atoms with Crippen LogP contribution in [0.2, 0.25) is 0 Å². The van der Waals surface area contributed by atoms with Crippen LogP contribution in [0.15, 0.2) is 76.7 Å². The first kappa shape index (κ1) is 23.9. The summed E-state index contributed by atoms with van der Waals surface area (Å²) >= 11 is 0. The van der Waals surface area contributed by atoms with Gasteiger partial charge in [-0.25, -0.2) is 9.59 Å². The van der Waals surface area contributed by atoms with Gasteiger partial charge in [0.05, 0.1) is 13.1 Å². The third kappa shape index (κ3) is 6.04. The van der Waals surface area contributed by atoms with E-state index >= 15 is 0 Å². The Kier molecular flexibility index (Phi) is 6.98. The third-order valence-electron chi connectivity index (χ3n) is 5.92. The van der Waals surface area contributed by atoms with Crippen LogP contribution in [0.3, 0.4) is 0 Å². The molecule has 0 saturated carbocycles. The second-order valence-corrected chi connectivity index (χ2v) is 8.66. The van der Waals surface area contributed by atoms with Crippen LogP contribution in [0.4, 0.5) is 32.3 Å². The number of carbonyl (C=O) groups excluding carboxylic acids is 2. The second kappa shape index (κ2) is 10.8. The van der Waals surface area contributed by atoms with Crippen molar-refractivity contribution >= 4 is 46.5 Å². The van der Waals surface area contributed by atoms with E-state index in [1.807, 2.05) is 61.5 Å². The van der Waals surface area contributed by atoms with Gasteiger partial charge in [0.2, 0.25) is 0 Å². The van der Waals surface area contributed by atoms with Gasteiger partial charge in [0, 0.05) is 47.0 Å². The van der Waals surface area contributed by atoms with Crippen molar-refractivity contribution in [2.45, 2.75) is 6.92 Å². The summed E-state index contributed by atoms with van der Waals surface area (Å²) in [5.41, 5.74) is 5.28. The Balaban J connectivity index is 1.16. The summed E-state index contributed by atoms with van der Waals surface area (Å²) in [7, 11) is 0. The number of anilines is 4. The molecule has 5 rings (SSSR count). The minimum absolute atomic E-state index is 0.379. The van der Waals surface area contributed by atoms with Gasteiger partial charge >= 0.3 is 12.1 Å². The number of benzene rings is 3. The molecule has 2 aliphatic heterocycles. The number of urea groups is 2. The maximum Gasteiger partial charge on any atom is 0.323 e. The van der Waals surface area contributed by atoms with Gasteiger partial charge in [-0.1, -0.05) is 6.07 Å². The van der Waals surface area contributed by atoms with Crippen molar-refractivity contribution in [2.75, 3.05) is 47.4 Å². The lowest BCUT2D eigenvalue weighted by molar-refractivity contribution is 0.261.